The molecular formula is C14H19N3O5S. The number of sulfone groups is 1. The smallest absolute Gasteiger partial charge is 0.273 e. The van der Waals surface area contributed by atoms with Crippen LogP contribution >= 0.6 is 0 Å². The van der Waals surface area contributed by atoms with Crippen LogP contribution in [0.5, 0.6) is 0 Å². The SMILES string of the molecule is CN(CC(=O)NC1CCS(=O)(=O)C1)Cc1ccccc1[N+](=O)[O-]. The first kappa shape index (κ1) is 17.4. The van der Waals surface area contributed by atoms with E-state index in [4.69, 9.17) is 0 Å². The van der Waals surface area contributed by atoms with Crippen LogP contribution in [0.15, 0.2) is 24.3 Å². The first-order chi connectivity index (χ1) is 10.8. The Morgan fingerprint density at radius 1 is 1.43 bits per heavy atom. The molecule has 1 aliphatic heterocycles. The fourth-order valence-electron chi connectivity index (χ4n) is 2.60. The summed E-state index contributed by atoms with van der Waals surface area (Å²) in [6, 6.07) is 6.03. The average Bonchev–Trinajstić information content (AvgIpc) is 2.77. The number of carbonyl (C=O) groups excluding carboxylic acids is 1. The zero-order chi connectivity index (χ0) is 17.0. The standard InChI is InChI=1S/C14H19N3O5S/c1-16(8-11-4-2-3-5-13(11)17(19)20)9-14(18)15-12-6-7-23(21,22)10-12/h2-5,12H,6-10H2,1H3,(H,15,18). The molecule has 1 aromatic rings. The number of rotatable bonds is 6. The highest BCUT2D eigenvalue weighted by molar-refractivity contribution is 7.91. The van der Waals surface area contributed by atoms with Crippen LogP contribution in [-0.4, -0.2) is 55.3 Å². The maximum atomic E-state index is 11.9. The Hall–Kier alpha value is -2.00. The number of nitro groups is 1. The summed E-state index contributed by atoms with van der Waals surface area (Å²) in [6.45, 7) is 0.302. The van der Waals surface area contributed by atoms with Gasteiger partial charge in [0.1, 0.15) is 0 Å². The van der Waals surface area contributed by atoms with E-state index in [-0.39, 0.29) is 42.2 Å². The third-order valence-electron chi connectivity index (χ3n) is 3.64. The van der Waals surface area contributed by atoms with Crippen LogP contribution in [0.25, 0.3) is 0 Å². The van der Waals surface area contributed by atoms with E-state index in [0.717, 1.165) is 0 Å². The van der Waals surface area contributed by atoms with Crippen molar-refractivity contribution in [1.29, 1.82) is 0 Å². The van der Waals surface area contributed by atoms with Gasteiger partial charge in [-0.2, -0.15) is 0 Å². The Morgan fingerprint density at radius 2 is 2.13 bits per heavy atom. The Morgan fingerprint density at radius 3 is 2.74 bits per heavy atom. The second-order valence-corrected chi connectivity index (χ2v) is 7.95. The van der Waals surface area contributed by atoms with Gasteiger partial charge in [0, 0.05) is 24.2 Å². The van der Waals surface area contributed by atoms with E-state index in [9.17, 15) is 23.3 Å². The molecule has 1 saturated heterocycles. The van der Waals surface area contributed by atoms with Crippen LogP contribution in [0, 0.1) is 10.1 Å². The summed E-state index contributed by atoms with van der Waals surface area (Å²) < 4.78 is 22.7. The number of para-hydroxylation sites is 1. The van der Waals surface area contributed by atoms with Gasteiger partial charge in [0.25, 0.3) is 5.69 Å². The predicted octanol–water partition coefficient (Wildman–Crippen LogP) is 0.330. The summed E-state index contributed by atoms with van der Waals surface area (Å²) in [7, 11) is -1.35. The van der Waals surface area contributed by atoms with Gasteiger partial charge in [-0.15, -0.1) is 0 Å². The van der Waals surface area contributed by atoms with Gasteiger partial charge >= 0.3 is 0 Å². The van der Waals surface area contributed by atoms with E-state index < -0.39 is 14.8 Å². The molecule has 2 rings (SSSR count). The van der Waals surface area contributed by atoms with E-state index >= 15 is 0 Å². The summed E-state index contributed by atoms with van der Waals surface area (Å²) in [5, 5.41) is 13.7. The van der Waals surface area contributed by atoms with Crippen molar-refractivity contribution in [3.8, 4) is 0 Å². The van der Waals surface area contributed by atoms with Crippen molar-refractivity contribution in [3.63, 3.8) is 0 Å². The molecule has 0 saturated carbocycles. The number of nitrogens with zero attached hydrogens (tertiary/aromatic N) is 2. The highest BCUT2D eigenvalue weighted by atomic mass is 32.2. The first-order valence-corrected chi connectivity index (χ1v) is 8.99. The molecule has 1 N–H and O–H groups in total. The third kappa shape index (κ3) is 5.00. The summed E-state index contributed by atoms with van der Waals surface area (Å²) in [5.74, 6) is -0.204. The molecule has 8 nitrogen and oxygen atoms in total. The van der Waals surface area contributed by atoms with Crippen molar-refractivity contribution >= 4 is 21.4 Å². The molecule has 0 bridgehead atoms. The van der Waals surface area contributed by atoms with Gasteiger partial charge < -0.3 is 5.32 Å². The number of hydrogen-bond donors (Lipinski definition) is 1. The third-order valence-corrected chi connectivity index (χ3v) is 5.41. The molecule has 1 heterocycles. The molecule has 1 amide bonds. The Balaban J connectivity index is 1.89. The van der Waals surface area contributed by atoms with Crippen LogP contribution in [-0.2, 0) is 21.2 Å². The van der Waals surface area contributed by atoms with Crippen LogP contribution in [0.3, 0.4) is 0 Å². The van der Waals surface area contributed by atoms with Crippen molar-refractivity contribution in [3.05, 3.63) is 39.9 Å². The van der Waals surface area contributed by atoms with Crippen LogP contribution < -0.4 is 5.32 Å². The molecule has 1 atom stereocenters. The lowest BCUT2D eigenvalue weighted by atomic mass is 10.1. The lowest BCUT2D eigenvalue weighted by molar-refractivity contribution is -0.385. The summed E-state index contributed by atoms with van der Waals surface area (Å²) in [5.41, 5.74) is 0.540. The van der Waals surface area contributed by atoms with E-state index in [1.54, 1.807) is 30.1 Å². The van der Waals surface area contributed by atoms with Crippen molar-refractivity contribution in [1.82, 2.24) is 10.2 Å². The number of amides is 1. The van der Waals surface area contributed by atoms with Crippen molar-refractivity contribution in [2.24, 2.45) is 0 Å². The first-order valence-electron chi connectivity index (χ1n) is 7.17. The van der Waals surface area contributed by atoms with Crippen molar-refractivity contribution in [2.45, 2.75) is 19.0 Å². The largest absolute Gasteiger partial charge is 0.351 e. The van der Waals surface area contributed by atoms with Crippen molar-refractivity contribution < 1.29 is 18.1 Å². The number of nitro benzene ring substituents is 1. The molecule has 1 aliphatic rings. The summed E-state index contributed by atoms with van der Waals surface area (Å²) >= 11 is 0. The lowest BCUT2D eigenvalue weighted by Crippen LogP contribution is -2.41. The topological polar surface area (TPSA) is 110 Å². The van der Waals surface area contributed by atoms with Gasteiger partial charge in [0.15, 0.2) is 9.84 Å². The van der Waals surface area contributed by atoms with Gasteiger partial charge in [-0.25, -0.2) is 8.42 Å². The quantitative estimate of drug-likeness (QED) is 0.590. The molecule has 0 aliphatic carbocycles. The molecule has 1 unspecified atom stereocenters. The Kier molecular flexibility index (Phi) is 5.32. The van der Waals surface area contributed by atoms with E-state index in [1.165, 1.54) is 6.07 Å². The minimum absolute atomic E-state index is 0.0154. The molecule has 126 valence electrons. The average molecular weight is 341 g/mol. The second-order valence-electron chi connectivity index (χ2n) is 5.73. The van der Waals surface area contributed by atoms with E-state index in [2.05, 4.69) is 5.32 Å². The fraction of sp³-hybridized carbons (Fsp3) is 0.500. The summed E-state index contributed by atoms with van der Waals surface area (Å²) in [4.78, 5) is 24.1. The zero-order valence-corrected chi connectivity index (χ0v) is 13.6. The molecule has 23 heavy (non-hydrogen) atoms. The molecule has 0 radical (unpaired) electrons. The fourth-order valence-corrected chi connectivity index (χ4v) is 4.27. The second kappa shape index (κ2) is 7.05. The molecule has 0 spiro atoms. The van der Waals surface area contributed by atoms with Crippen LogP contribution in [0.1, 0.15) is 12.0 Å². The Labute approximate surface area is 134 Å². The number of benzene rings is 1. The molecule has 1 aromatic carbocycles. The van der Waals surface area contributed by atoms with Gasteiger partial charge in [-0.1, -0.05) is 18.2 Å². The van der Waals surface area contributed by atoms with Crippen LogP contribution in [0.4, 0.5) is 5.69 Å². The highest BCUT2D eigenvalue weighted by Crippen LogP contribution is 2.19. The van der Waals surface area contributed by atoms with Crippen molar-refractivity contribution in [2.75, 3.05) is 25.1 Å². The van der Waals surface area contributed by atoms with Gasteiger partial charge in [-0.3, -0.25) is 19.8 Å². The number of nitrogens with one attached hydrogen (secondary N) is 1. The number of carbonyl (C=O) groups is 1. The molecule has 9 heteroatoms. The minimum atomic E-state index is -3.04. The summed E-state index contributed by atoms with van der Waals surface area (Å²) in [6.07, 6.45) is 0.432. The normalized spacial score (nSPS) is 19.7. The maximum absolute atomic E-state index is 11.9. The number of likely N-dealkylation sites (N-methyl/N-ethyl adjacent to an activating group) is 1. The van der Waals surface area contributed by atoms with E-state index in [0.29, 0.717) is 12.0 Å². The molecular weight excluding hydrogens is 322 g/mol. The lowest BCUT2D eigenvalue weighted by Gasteiger charge is -2.18. The molecule has 0 aromatic heterocycles. The minimum Gasteiger partial charge on any atom is -0.351 e. The van der Waals surface area contributed by atoms with E-state index in [1.807, 2.05) is 0 Å². The monoisotopic (exact) mass is 341 g/mol. The van der Waals surface area contributed by atoms with Crippen LogP contribution in [0.2, 0.25) is 0 Å². The molecule has 1 fully saturated rings. The van der Waals surface area contributed by atoms with Gasteiger partial charge in [0.05, 0.1) is 23.0 Å². The highest BCUT2D eigenvalue weighted by Gasteiger charge is 2.29. The maximum Gasteiger partial charge on any atom is 0.273 e. The zero-order valence-electron chi connectivity index (χ0n) is 12.8. The van der Waals surface area contributed by atoms with Gasteiger partial charge in [0.2, 0.25) is 5.91 Å². The Bertz CT molecular complexity index is 704. The predicted molar refractivity (Wildman–Crippen MR) is 84.6 cm³/mol. The number of hydrogen-bond acceptors (Lipinski definition) is 6. The van der Waals surface area contributed by atoms with Gasteiger partial charge in [-0.05, 0) is 13.5 Å².